The fourth-order valence-corrected chi connectivity index (χ4v) is 3.52. The van der Waals surface area contributed by atoms with Gasteiger partial charge in [0.1, 0.15) is 11.5 Å². The van der Waals surface area contributed by atoms with Gasteiger partial charge in [-0.1, -0.05) is 19.4 Å². The number of carbonyl (C=O) groups is 2. The third-order valence-corrected chi connectivity index (χ3v) is 5.04. The molecule has 25 heavy (non-hydrogen) atoms. The van der Waals surface area contributed by atoms with Crippen LogP contribution in [0, 0.1) is 0 Å². The minimum atomic E-state index is -0.323. The molecule has 0 aromatic heterocycles. The van der Waals surface area contributed by atoms with E-state index < -0.39 is 0 Å². The molecule has 1 saturated heterocycles. The number of nitrogens with zero attached hydrogens (tertiary/aromatic N) is 1. The minimum absolute atomic E-state index is 0.201. The van der Waals surface area contributed by atoms with Crippen molar-refractivity contribution in [3.8, 4) is 11.5 Å². The minimum Gasteiger partial charge on any atom is -0.496 e. The van der Waals surface area contributed by atoms with Gasteiger partial charge in [-0.2, -0.15) is 0 Å². The summed E-state index contributed by atoms with van der Waals surface area (Å²) in [6, 6.07) is 3.60. The van der Waals surface area contributed by atoms with Crippen molar-refractivity contribution in [2.75, 3.05) is 20.3 Å². The second-order valence-electron chi connectivity index (χ2n) is 5.31. The van der Waals surface area contributed by atoms with Crippen LogP contribution in [0.4, 0.5) is 4.79 Å². The quantitative estimate of drug-likeness (QED) is 0.338. The Morgan fingerprint density at radius 1 is 1.32 bits per heavy atom. The number of carbonyl (C=O) groups excluding carboxylic acids is 2. The third-order valence-electron chi connectivity index (χ3n) is 3.51. The zero-order valence-electron chi connectivity index (χ0n) is 14.2. The van der Waals surface area contributed by atoms with Crippen molar-refractivity contribution in [3.05, 3.63) is 39.7 Å². The maximum atomic E-state index is 12.3. The summed E-state index contributed by atoms with van der Waals surface area (Å²) in [6.07, 6.45) is 5.20. The van der Waals surface area contributed by atoms with E-state index in [2.05, 4.69) is 29.4 Å². The number of amides is 2. The second-order valence-corrected chi connectivity index (χ2v) is 7.16. The van der Waals surface area contributed by atoms with Crippen LogP contribution in [0.5, 0.6) is 11.5 Å². The van der Waals surface area contributed by atoms with Crippen LogP contribution in [-0.4, -0.2) is 36.3 Å². The maximum absolute atomic E-state index is 12.3. The molecule has 1 aromatic rings. The first kappa shape index (κ1) is 19.6. The highest BCUT2D eigenvalue weighted by molar-refractivity contribution is 9.10. The van der Waals surface area contributed by atoms with Gasteiger partial charge in [0.25, 0.3) is 11.1 Å². The number of ether oxygens (including phenoxy) is 2. The van der Waals surface area contributed by atoms with Crippen molar-refractivity contribution >= 4 is 44.9 Å². The lowest BCUT2D eigenvalue weighted by atomic mass is 10.1. The molecule has 0 unspecified atom stereocenters. The van der Waals surface area contributed by atoms with E-state index in [0.717, 1.165) is 34.0 Å². The molecule has 0 aliphatic carbocycles. The smallest absolute Gasteiger partial charge is 0.293 e. The Bertz CT molecular complexity index is 717. The van der Waals surface area contributed by atoms with Gasteiger partial charge in [0.15, 0.2) is 0 Å². The van der Waals surface area contributed by atoms with Crippen LogP contribution in [0.25, 0.3) is 6.08 Å². The predicted octanol–water partition coefficient (Wildman–Crippen LogP) is 4.86. The van der Waals surface area contributed by atoms with Gasteiger partial charge < -0.3 is 9.47 Å². The van der Waals surface area contributed by atoms with Gasteiger partial charge >= 0.3 is 0 Å². The zero-order valence-corrected chi connectivity index (χ0v) is 16.6. The Hall–Kier alpha value is -1.73. The first-order chi connectivity index (χ1) is 12.0. The van der Waals surface area contributed by atoms with Gasteiger partial charge in [0.05, 0.1) is 23.1 Å². The first-order valence-electron chi connectivity index (χ1n) is 7.88. The molecule has 0 radical (unpaired) electrons. The van der Waals surface area contributed by atoms with E-state index in [1.807, 2.05) is 6.07 Å². The number of hydrogen-bond acceptors (Lipinski definition) is 5. The molecule has 1 aromatic carbocycles. The Morgan fingerprint density at radius 3 is 2.72 bits per heavy atom. The number of imide groups is 1. The molecule has 1 heterocycles. The van der Waals surface area contributed by atoms with E-state index in [-0.39, 0.29) is 17.7 Å². The number of methoxy groups -OCH3 is 1. The standard InChI is InChI=1S/C18H20BrNO4S/c1-4-6-8-24-15-11-14(23-3)12(9-13(15)19)10-16-17(21)20(7-5-2)18(22)25-16/h5,9-11H,2,4,6-8H2,1,3H3/b16-10-. The van der Waals surface area contributed by atoms with Gasteiger partial charge in [-0.25, -0.2) is 0 Å². The van der Waals surface area contributed by atoms with E-state index in [0.29, 0.717) is 28.6 Å². The molecule has 0 spiro atoms. The van der Waals surface area contributed by atoms with Crippen LogP contribution in [0.2, 0.25) is 0 Å². The van der Waals surface area contributed by atoms with Gasteiger partial charge in [0, 0.05) is 18.2 Å². The SMILES string of the molecule is C=CCN1C(=O)S/C(=C\c2cc(Br)c(OCCCC)cc2OC)C1=O. The predicted molar refractivity (Wildman–Crippen MR) is 104 cm³/mol. The summed E-state index contributed by atoms with van der Waals surface area (Å²) in [4.78, 5) is 25.8. The van der Waals surface area contributed by atoms with Crippen molar-refractivity contribution in [1.82, 2.24) is 4.90 Å². The molecule has 0 N–H and O–H groups in total. The maximum Gasteiger partial charge on any atom is 0.293 e. The van der Waals surface area contributed by atoms with Crippen molar-refractivity contribution < 1.29 is 19.1 Å². The van der Waals surface area contributed by atoms with E-state index in [1.165, 1.54) is 6.08 Å². The Kier molecular flexibility index (Phi) is 7.13. The molecule has 0 atom stereocenters. The van der Waals surface area contributed by atoms with Gasteiger partial charge in [-0.05, 0) is 46.3 Å². The third kappa shape index (κ3) is 4.67. The van der Waals surface area contributed by atoms with E-state index in [4.69, 9.17) is 9.47 Å². The molecule has 5 nitrogen and oxygen atoms in total. The average Bonchev–Trinajstić information content (AvgIpc) is 2.85. The average molecular weight is 426 g/mol. The number of halogens is 1. The van der Waals surface area contributed by atoms with Crippen LogP contribution < -0.4 is 9.47 Å². The van der Waals surface area contributed by atoms with Crippen LogP contribution in [0.1, 0.15) is 25.3 Å². The molecule has 0 saturated carbocycles. The number of benzene rings is 1. The zero-order chi connectivity index (χ0) is 18.4. The molecular weight excluding hydrogens is 406 g/mol. The van der Waals surface area contributed by atoms with Crippen LogP contribution in [-0.2, 0) is 4.79 Å². The molecule has 1 aliphatic heterocycles. The molecular formula is C18H20BrNO4S. The summed E-state index contributed by atoms with van der Waals surface area (Å²) >= 11 is 4.39. The summed E-state index contributed by atoms with van der Waals surface area (Å²) in [5.74, 6) is 0.934. The Balaban J connectivity index is 2.30. The highest BCUT2D eigenvalue weighted by Crippen LogP contribution is 2.38. The Morgan fingerprint density at radius 2 is 2.08 bits per heavy atom. The molecule has 7 heteroatoms. The van der Waals surface area contributed by atoms with Gasteiger partial charge in [-0.15, -0.1) is 6.58 Å². The highest BCUT2D eigenvalue weighted by atomic mass is 79.9. The largest absolute Gasteiger partial charge is 0.496 e. The number of rotatable bonds is 8. The van der Waals surface area contributed by atoms with E-state index in [1.54, 1.807) is 19.3 Å². The molecule has 2 amide bonds. The number of thioether (sulfide) groups is 1. The fourth-order valence-electron chi connectivity index (χ4n) is 2.20. The fraction of sp³-hybridized carbons (Fsp3) is 0.333. The second kappa shape index (κ2) is 9.10. The van der Waals surface area contributed by atoms with Crippen molar-refractivity contribution in [2.45, 2.75) is 19.8 Å². The molecule has 2 rings (SSSR count). The normalized spacial score (nSPS) is 15.8. The van der Waals surface area contributed by atoms with E-state index >= 15 is 0 Å². The molecule has 1 fully saturated rings. The van der Waals surface area contributed by atoms with Crippen molar-refractivity contribution in [1.29, 1.82) is 0 Å². The first-order valence-corrected chi connectivity index (χ1v) is 9.49. The van der Waals surface area contributed by atoms with Gasteiger partial charge in [0.2, 0.25) is 0 Å². The molecule has 1 aliphatic rings. The van der Waals surface area contributed by atoms with Crippen molar-refractivity contribution in [2.24, 2.45) is 0 Å². The monoisotopic (exact) mass is 425 g/mol. The summed E-state index contributed by atoms with van der Waals surface area (Å²) in [5, 5.41) is -0.297. The lowest BCUT2D eigenvalue weighted by Crippen LogP contribution is -2.27. The summed E-state index contributed by atoms with van der Waals surface area (Å²) in [7, 11) is 1.56. The van der Waals surface area contributed by atoms with Crippen LogP contribution in [0.15, 0.2) is 34.2 Å². The van der Waals surface area contributed by atoms with Crippen LogP contribution >= 0.6 is 27.7 Å². The topological polar surface area (TPSA) is 55.8 Å². The lowest BCUT2D eigenvalue weighted by Gasteiger charge is -2.12. The summed E-state index contributed by atoms with van der Waals surface area (Å²) in [5.41, 5.74) is 0.696. The summed E-state index contributed by atoms with van der Waals surface area (Å²) < 4.78 is 11.9. The number of unbranched alkanes of at least 4 members (excludes halogenated alkanes) is 1. The van der Waals surface area contributed by atoms with Gasteiger partial charge in [-0.3, -0.25) is 14.5 Å². The Labute approximate surface area is 160 Å². The molecule has 134 valence electrons. The lowest BCUT2D eigenvalue weighted by molar-refractivity contribution is -0.122. The summed E-state index contributed by atoms with van der Waals surface area (Å²) in [6.45, 7) is 6.49. The number of hydrogen-bond donors (Lipinski definition) is 0. The molecule has 0 bridgehead atoms. The van der Waals surface area contributed by atoms with Crippen molar-refractivity contribution in [3.63, 3.8) is 0 Å². The highest BCUT2D eigenvalue weighted by Gasteiger charge is 2.34. The van der Waals surface area contributed by atoms with E-state index in [9.17, 15) is 9.59 Å². The van der Waals surface area contributed by atoms with Crippen LogP contribution in [0.3, 0.4) is 0 Å².